The Bertz CT molecular complexity index is 453. The molecule has 0 bridgehead atoms. The van der Waals surface area contributed by atoms with Crippen LogP contribution in [-0.4, -0.2) is 30.7 Å². The second-order valence-corrected chi connectivity index (χ2v) is 5.93. The minimum Gasteiger partial charge on any atom is -0.399 e. The molecule has 2 rings (SSSR count). The molecule has 0 amide bonds. The Morgan fingerprint density at radius 3 is 2.45 bits per heavy atom. The largest absolute Gasteiger partial charge is 0.496 e. The molecule has 0 radical (unpaired) electrons. The van der Waals surface area contributed by atoms with Gasteiger partial charge in [0, 0.05) is 6.21 Å². The van der Waals surface area contributed by atoms with Gasteiger partial charge in [-0.3, -0.25) is 0 Å². The van der Waals surface area contributed by atoms with E-state index in [0.717, 1.165) is 5.47 Å². The van der Waals surface area contributed by atoms with Crippen molar-refractivity contribution in [2.24, 2.45) is 0 Å². The zero-order valence-electron chi connectivity index (χ0n) is 12.4. The molecule has 2 aliphatic heterocycles. The molecular formula is C14H22BN3O2. The molecule has 5 nitrogen and oxygen atoms in total. The molecule has 3 N–H and O–H groups in total. The van der Waals surface area contributed by atoms with E-state index in [4.69, 9.17) is 14.7 Å². The number of rotatable bonds is 4. The topological polar surface area (TPSA) is 66.4 Å². The molecule has 2 aliphatic rings. The molecule has 0 saturated carbocycles. The maximum atomic E-state index is 6.90. The molecule has 0 aromatic rings. The average Bonchev–Trinajstić information content (AvgIpc) is 2.60. The molecule has 0 aromatic carbocycles. The summed E-state index contributed by atoms with van der Waals surface area (Å²) in [4.78, 5) is 0. The summed E-state index contributed by atoms with van der Waals surface area (Å²) in [5, 5.41) is 13.2. The van der Waals surface area contributed by atoms with Gasteiger partial charge in [-0.2, -0.15) is 0 Å². The van der Waals surface area contributed by atoms with Gasteiger partial charge in [-0.25, -0.2) is 0 Å². The van der Waals surface area contributed by atoms with Crippen LogP contribution in [0.25, 0.3) is 0 Å². The fourth-order valence-corrected chi connectivity index (χ4v) is 1.93. The molecular weight excluding hydrogens is 253 g/mol. The first-order valence-electron chi connectivity index (χ1n) is 6.77. The van der Waals surface area contributed by atoms with Gasteiger partial charge < -0.3 is 25.4 Å². The Morgan fingerprint density at radius 2 is 1.95 bits per heavy atom. The maximum Gasteiger partial charge on any atom is 0.496 e. The van der Waals surface area contributed by atoms with Crippen molar-refractivity contribution in [2.75, 3.05) is 0 Å². The summed E-state index contributed by atoms with van der Waals surface area (Å²) in [6.45, 7) is 8.17. The van der Waals surface area contributed by atoms with Crippen LogP contribution < -0.4 is 10.6 Å². The lowest BCUT2D eigenvalue weighted by atomic mass is 9.77. The molecule has 1 fully saturated rings. The first-order chi connectivity index (χ1) is 9.36. The molecule has 1 unspecified atom stereocenters. The smallest absolute Gasteiger partial charge is 0.399 e. The molecule has 108 valence electrons. The summed E-state index contributed by atoms with van der Waals surface area (Å²) < 4.78 is 12.0. The predicted molar refractivity (Wildman–Crippen MR) is 81.3 cm³/mol. The van der Waals surface area contributed by atoms with Crippen molar-refractivity contribution in [3.63, 3.8) is 0 Å². The van der Waals surface area contributed by atoms with Crippen LogP contribution in [-0.2, 0) is 9.31 Å². The van der Waals surface area contributed by atoms with E-state index < -0.39 is 0 Å². The van der Waals surface area contributed by atoms with Crippen LogP contribution in [0.15, 0.2) is 36.1 Å². The quantitative estimate of drug-likeness (QED) is 0.540. The van der Waals surface area contributed by atoms with Crippen LogP contribution in [0, 0.1) is 5.41 Å². The summed E-state index contributed by atoms with van der Waals surface area (Å²) in [7, 11) is -0.346. The fourth-order valence-electron chi connectivity index (χ4n) is 1.93. The number of dihydropyridines is 1. The Balaban J connectivity index is 1.96. The number of nitrogens with one attached hydrogen (secondary N) is 3. The lowest BCUT2D eigenvalue weighted by Gasteiger charge is -2.32. The summed E-state index contributed by atoms with van der Waals surface area (Å²) >= 11 is 0. The van der Waals surface area contributed by atoms with E-state index in [1.807, 2.05) is 46.0 Å². The highest BCUT2D eigenvalue weighted by molar-refractivity contribution is 6.55. The maximum absolute atomic E-state index is 6.90. The van der Waals surface area contributed by atoms with E-state index in [9.17, 15) is 0 Å². The summed E-state index contributed by atoms with van der Waals surface area (Å²) in [5.74, 6) is 0. The number of hydrogen-bond donors (Lipinski definition) is 3. The Labute approximate surface area is 120 Å². The van der Waals surface area contributed by atoms with Crippen molar-refractivity contribution < 1.29 is 9.31 Å². The van der Waals surface area contributed by atoms with Crippen molar-refractivity contribution in [3.8, 4) is 0 Å². The van der Waals surface area contributed by atoms with E-state index in [-0.39, 0.29) is 24.5 Å². The highest BCUT2D eigenvalue weighted by atomic mass is 16.7. The third-order valence-electron chi connectivity index (χ3n) is 3.90. The second kappa shape index (κ2) is 5.46. The lowest BCUT2D eigenvalue weighted by Crippen LogP contribution is -2.41. The van der Waals surface area contributed by atoms with Crippen LogP contribution in [0.4, 0.5) is 0 Å². The van der Waals surface area contributed by atoms with Crippen LogP contribution in [0.2, 0.25) is 0 Å². The van der Waals surface area contributed by atoms with Gasteiger partial charge in [0.2, 0.25) is 0 Å². The highest BCUT2D eigenvalue weighted by Crippen LogP contribution is 2.38. The summed E-state index contributed by atoms with van der Waals surface area (Å²) in [6, 6.07) is 0. The Kier molecular flexibility index (Phi) is 4.06. The van der Waals surface area contributed by atoms with E-state index in [2.05, 4.69) is 10.6 Å². The second-order valence-electron chi connectivity index (χ2n) is 5.93. The van der Waals surface area contributed by atoms with Gasteiger partial charge in [0.25, 0.3) is 0 Å². The lowest BCUT2D eigenvalue weighted by molar-refractivity contribution is 0.00578. The van der Waals surface area contributed by atoms with E-state index in [0.29, 0.717) is 0 Å². The van der Waals surface area contributed by atoms with Gasteiger partial charge in [-0.1, -0.05) is 6.08 Å². The third-order valence-corrected chi connectivity index (χ3v) is 3.90. The highest BCUT2D eigenvalue weighted by Gasteiger charge is 2.52. The van der Waals surface area contributed by atoms with Crippen molar-refractivity contribution in [3.05, 3.63) is 36.1 Å². The summed E-state index contributed by atoms with van der Waals surface area (Å²) in [5.41, 5.74) is 0.320. The molecule has 20 heavy (non-hydrogen) atoms. The van der Waals surface area contributed by atoms with Gasteiger partial charge in [0.05, 0.1) is 11.2 Å². The van der Waals surface area contributed by atoms with Gasteiger partial charge >= 0.3 is 7.12 Å². The van der Waals surface area contributed by atoms with Crippen LogP contribution >= 0.6 is 0 Å². The van der Waals surface area contributed by atoms with Crippen LogP contribution in [0.1, 0.15) is 27.7 Å². The van der Waals surface area contributed by atoms with E-state index >= 15 is 0 Å². The molecule has 2 heterocycles. The van der Waals surface area contributed by atoms with Gasteiger partial charge in [0.1, 0.15) is 6.17 Å². The molecule has 6 heteroatoms. The fraction of sp³-hybridized carbons (Fsp3) is 0.500. The van der Waals surface area contributed by atoms with Crippen LogP contribution in [0.3, 0.4) is 0 Å². The summed E-state index contributed by atoms with van der Waals surface area (Å²) in [6.07, 6.45) is 10.5. The molecule has 0 spiro atoms. The minimum atomic E-state index is -0.346. The predicted octanol–water partition coefficient (Wildman–Crippen LogP) is 1.74. The third kappa shape index (κ3) is 2.97. The van der Waals surface area contributed by atoms with E-state index in [1.165, 1.54) is 6.21 Å². The van der Waals surface area contributed by atoms with Crippen LogP contribution in [0.5, 0.6) is 0 Å². The van der Waals surface area contributed by atoms with Crippen molar-refractivity contribution >= 4 is 13.3 Å². The molecule has 1 atom stereocenters. The number of hydrogen-bond acceptors (Lipinski definition) is 5. The number of allylic oxidation sites excluding steroid dienone is 3. The van der Waals surface area contributed by atoms with Crippen molar-refractivity contribution in [2.45, 2.75) is 45.1 Å². The zero-order valence-corrected chi connectivity index (χ0v) is 12.4. The van der Waals surface area contributed by atoms with Gasteiger partial charge in [0.15, 0.2) is 0 Å². The van der Waals surface area contributed by atoms with Crippen molar-refractivity contribution in [1.82, 2.24) is 10.6 Å². The van der Waals surface area contributed by atoms with Crippen molar-refractivity contribution in [1.29, 1.82) is 5.41 Å². The first-order valence-corrected chi connectivity index (χ1v) is 6.77. The first kappa shape index (κ1) is 14.9. The zero-order chi connectivity index (χ0) is 14.8. The minimum absolute atomic E-state index is 0.0115. The average molecular weight is 275 g/mol. The molecule has 0 aromatic heterocycles. The monoisotopic (exact) mass is 275 g/mol. The van der Waals surface area contributed by atoms with Gasteiger partial charge in [-0.15, -0.1) is 0 Å². The standard InChI is InChI=1S/C14H22BN3O2/c1-13(2)14(3,4)20-15(19-13)11-6-7-12(18-10-11)17-9-5-8-16/h5-10,12,16-18H,1-4H3/b9-5-,16-8?. The SMILES string of the molecule is CC1(C)OB(C2=CNC(N/C=C\C=N)C=C2)OC1(C)C. The van der Waals surface area contributed by atoms with Gasteiger partial charge in [-0.05, 0) is 57.7 Å². The normalized spacial score (nSPS) is 27.3. The van der Waals surface area contributed by atoms with E-state index in [1.54, 1.807) is 12.3 Å². The molecule has 1 saturated heterocycles. The Morgan fingerprint density at radius 1 is 1.30 bits per heavy atom. The molecule has 0 aliphatic carbocycles. The Hall–Kier alpha value is -1.53.